The minimum absolute atomic E-state index is 0.270. The van der Waals surface area contributed by atoms with Crippen molar-refractivity contribution in [3.63, 3.8) is 0 Å². The van der Waals surface area contributed by atoms with Crippen molar-refractivity contribution in [2.75, 3.05) is 4.90 Å². The van der Waals surface area contributed by atoms with E-state index in [1.54, 1.807) is 0 Å². The molecule has 0 saturated heterocycles. The fraction of sp³-hybridized carbons (Fsp3) is 0.0566. The number of allylic oxidation sites excluding steroid dienone is 4. The van der Waals surface area contributed by atoms with Crippen molar-refractivity contribution in [1.82, 2.24) is 0 Å². The monoisotopic (exact) mass is 719 g/mol. The Balaban J connectivity index is 1.11. The topological polar surface area (TPSA) is 3.24 Å². The van der Waals surface area contributed by atoms with Crippen molar-refractivity contribution in [1.29, 1.82) is 0 Å². The lowest BCUT2D eigenvalue weighted by Gasteiger charge is -2.39. The van der Waals surface area contributed by atoms with E-state index in [-0.39, 0.29) is 11.3 Å². The molecule has 1 nitrogen and oxygen atoms in total. The van der Waals surface area contributed by atoms with E-state index in [9.17, 15) is 0 Å². The summed E-state index contributed by atoms with van der Waals surface area (Å²) in [6.07, 6.45) is 9.31. The van der Waals surface area contributed by atoms with E-state index in [2.05, 4.69) is 217 Å². The van der Waals surface area contributed by atoms with Gasteiger partial charge in [-0.25, -0.2) is 0 Å². The highest BCUT2D eigenvalue weighted by Crippen LogP contribution is 2.59. The van der Waals surface area contributed by atoms with Gasteiger partial charge in [-0.15, -0.1) is 11.3 Å². The lowest BCUT2D eigenvalue weighted by molar-refractivity contribution is 0.457. The third kappa shape index (κ3) is 4.92. The van der Waals surface area contributed by atoms with Crippen molar-refractivity contribution in [2.45, 2.75) is 11.3 Å². The minimum atomic E-state index is -0.322. The van der Waals surface area contributed by atoms with Gasteiger partial charge in [-0.2, -0.15) is 0 Å². The minimum Gasteiger partial charge on any atom is -0.309 e. The van der Waals surface area contributed by atoms with Gasteiger partial charge < -0.3 is 4.90 Å². The molecule has 1 aromatic heterocycles. The van der Waals surface area contributed by atoms with E-state index in [1.165, 1.54) is 70.0 Å². The molecular weight excluding hydrogens is 683 g/mol. The Labute approximate surface area is 325 Å². The predicted octanol–water partition coefficient (Wildman–Crippen LogP) is 14.5. The van der Waals surface area contributed by atoms with Crippen molar-refractivity contribution >= 4 is 59.3 Å². The van der Waals surface area contributed by atoms with Crippen LogP contribution in [0.15, 0.2) is 212 Å². The van der Waals surface area contributed by atoms with Crippen LogP contribution >= 0.6 is 11.3 Å². The molecule has 55 heavy (non-hydrogen) atoms. The molecule has 9 aromatic rings. The zero-order valence-corrected chi connectivity index (χ0v) is 31.0. The number of nitrogens with zero attached hydrogens (tertiary/aromatic N) is 1. The summed E-state index contributed by atoms with van der Waals surface area (Å²) in [6, 6.07) is 69.7. The Morgan fingerprint density at radius 3 is 1.93 bits per heavy atom. The van der Waals surface area contributed by atoms with Crippen LogP contribution in [0.1, 0.15) is 28.2 Å². The van der Waals surface area contributed by atoms with Crippen molar-refractivity contribution in [2.24, 2.45) is 5.92 Å². The molecule has 0 aliphatic heterocycles. The van der Waals surface area contributed by atoms with E-state index in [1.807, 2.05) is 11.3 Å². The molecule has 0 amide bonds. The second-order valence-corrected chi connectivity index (χ2v) is 15.8. The third-order valence-corrected chi connectivity index (χ3v) is 13.2. The normalized spacial score (nSPS) is 18.5. The van der Waals surface area contributed by atoms with Gasteiger partial charge in [0.15, 0.2) is 0 Å². The fourth-order valence-electron chi connectivity index (χ4n) is 9.67. The van der Waals surface area contributed by atoms with Gasteiger partial charge in [-0.3, -0.25) is 0 Å². The Morgan fingerprint density at radius 2 is 1.11 bits per heavy atom. The van der Waals surface area contributed by atoms with Gasteiger partial charge in [0.1, 0.15) is 0 Å². The Morgan fingerprint density at radius 1 is 0.473 bits per heavy atom. The van der Waals surface area contributed by atoms with Crippen LogP contribution in [-0.2, 0) is 5.41 Å². The molecule has 0 radical (unpaired) electrons. The zero-order chi connectivity index (χ0) is 36.3. The van der Waals surface area contributed by atoms with Crippen molar-refractivity contribution in [3.05, 3.63) is 235 Å². The van der Waals surface area contributed by atoms with Crippen LogP contribution in [0, 0.1) is 5.92 Å². The maximum Gasteiger partial charge on any atom is 0.0640 e. The smallest absolute Gasteiger partial charge is 0.0640 e. The van der Waals surface area contributed by atoms with E-state index in [0.717, 1.165) is 11.4 Å². The lowest BCUT2D eigenvalue weighted by Crippen LogP contribution is -2.35. The molecule has 11 rings (SSSR count). The number of rotatable bonds is 6. The first kappa shape index (κ1) is 32.0. The van der Waals surface area contributed by atoms with E-state index < -0.39 is 0 Å². The maximum atomic E-state index is 2.46. The van der Waals surface area contributed by atoms with E-state index in [4.69, 9.17) is 0 Å². The van der Waals surface area contributed by atoms with Gasteiger partial charge in [0.25, 0.3) is 0 Å². The number of anilines is 3. The fourth-order valence-corrected chi connectivity index (χ4v) is 10.9. The molecule has 0 bridgehead atoms. The molecule has 0 fully saturated rings. The van der Waals surface area contributed by atoms with Crippen LogP contribution in [0.25, 0.3) is 42.1 Å². The quantitative estimate of drug-likeness (QED) is 0.165. The standard InChI is InChI=1S/C53H37NS/c1-3-14-36(15-4-1)37-26-31-41(32-27-37)54(49-25-13-22-46-51-43-19-8-7-16-38(43)28-35-50(51)55-52(46)49)42-33-29-40(30-34-42)53(39-17-5-2-6-18-39)47-23-11-9-20-44(47)45-21-10-12-24-48(45)53/h1-35,44,47H. The molecule has 2 aliphatic rings. The lowest BCUT2D eigenvalue weighted by atomic mass is 9.63. The first-order chi connectivity index (χ1) is 27.3. The molecule has 0 saturated carbocycles. The second kappa shape index (κ2) is 12.8. The molecule has 1 heterocycles. The first-order valence-electron chi connectivity index (χ1n) is 19.2. The van der Waals surface area contributed by atoms with E-state index in [0.29, 0.717) is 5.92 Å². The molecule has 2 aliphatic carbocycles. The SMILES string of the molecule is C1=CC2c3ccccc3C(c3ccccc3)(c3ccc(N(c4ccc(-c5ccccc5)cc4)c4cccc5c4sc4ccc6ccccc6c45)cc3)C2C=C1. The van der Waals surface area contributed by atoms with Gasteiger partial charge in [0.2, 0.25) is 0 Å². The summed E-state index contributed by atoms with van der Waals surface area (Å²) in [7, 11) is 0. The van der Waals surface area contributed by atoms with Crippen LogP contribution < -0.4 is 4.90 Å². The van der Waals surface area contributed by atoms with Gasteiger partial charge in [0, 0.05) is 38.7 Å². The van der Waals surface area contributed by atoms with Gasteiger partial charge in [0.05, 0.1) is 15.8 Å². The first-order valence-corrected chi connectivity index (χ1v) is 20.0. The largest absolute Gasteiger partial charge is 0.309 e. The van der Waals surface area contributed by atoms with Gasteiger partial charge in [-0.1, -0.05) is 176 Å². The van der Waals surface area contributed by atoms with Gasteiger partial charge >= 0.3 is 0 Å². The van der Waals surface area contributed by atoms with Gasteiger partial charge in [-0.05, 0) is 80.6 Å². The van der Waals surface area contributed by atoms with Crippen LogP contribution in [-0.4, -0.2) is 0 Å². The molecule has 0 N–H and O–H groups in total. The van der Waals surface area contributed by atoms with Crippen molar-refractivity contribution < 1.29 is 0 Å². The molecule has 2 heteroatoms. The summed E-state index contributed by atoms with van der Waals surface area (Å²) >= 11 is 1.89. The highest BCUT2D eigenvalue weighted by Gasteiger charge is 2.52. The average Bonchev–Trinajstić information content (AvgIpc) is 3.80. The Bertz CT molecular complexity index is 2920. The molecule has 3 atom stereocenters. The summed E-state index contributed by atoms with van der Waals surface area (Å²) < 4.78 is 2.60. The Kier molecular flexibility index (Phi) is 7.46. The number of thiophene rings is 1. The van der Waals surface area contributed by atoms with Crippen LogP contribution in [0.5, 0.6) is 0 Å². The number of hydrogen-bond donors (Lipinski definition) is 0. The Hall–Kier alpha value is -6.48. The van der Waals surface area contributed by atoms with Crippen LogP contribution in [0.3, 0.4) is 0 Å². The van der Waals surface area contributed by atoms with Crippen molar-refractivity contribution in [3.8, 4) is 11.1 Å². The van der Waals surface area contributed by atoms with E-state index >= 15 is 0 Å². The summed E-state index contributed by atoms with van der Waals surface area (Å²) in [5.41, 5.74) is 11.0. The predicted molar refractivity (Wildman–Crippen MR) is 234 cm³/mol. The molecule has 0 spiro atoms. The highest BCUT2D eigenvalue weighted by molar-refractivity contribution is 7.26. The molecular formula is C53H37NS. The summed E-state index contributed by atoms with van der Waals surface area (Å²) in [5, 5.41) is 5.21. The maximum absolute atomic E-state index is 2.46. The van der Waals surface area contributed by atoms with Crippen LogP contribution in [0.2, 0.25) is 0 Å². The molecule has 8 aromatic carbocycles. The highest BCUT2D eigenvalue weighted by atomic mass is 32.1. The number of benzene rings is 8. The summed E-state index contributed by atoms with van der Waals surface area (Å²) in [4.78, 5) is 2.46. The average molecular weight is 720 g/mol. The second-order valence-electron chi connectivity index (χ2n) is 14.8. The number of hydrogen-bond acceptors (Lipinski definition) is 2. The molecule has 260 valence electrons. The summed E-state index contributed by atoms with van der Waals surface area (Å²) in [6.45, 7) is 0. The third-order valence-electron chi connectivity index (χ3n) is 12.0. The summed E-state index contributed by atoms with van der Waals surface area (Å²) in [5.74, 6) is 0.592. The zero-order valence-electron chi connectivity index (χ0n) is 30.2. The number of fused-ring (bicyclic) bond motifs is 8. The van der Waals surface area contributed by atoms with Crippen LogP contribution in [0.4, 0.5) is 17.1 Å². The molecule has 3 unspecified atom stereocenters.